The first-order chi connectivity index (χ1) is 8.90. The molecule has 0 radical (unpaired) electrons. The first kappa shape index (κ1) is 13.0. The van der Waals surface area contributed by atoms with E-state index >= 15 is 0 Å². The Bertz CT molecular complexity index is 569. The van der Waals surface area contributed by atoms with Crippen LogP contribution < -0.4 is 4.90 Å². The normalized spacial score (nSPS) is 18.7. The van der Waals surface area contributed by atoms with E-state index in [-0.39, 0.29) is 24.6 Å². The summed E-state index contributed by atoms with van der Waals surface area (Å²) in [6, 6.07) is 4.16. The lowest BCUT2D eigenvalue weighted by molar-refractivity contribution is -0.384. The molecule has 1 amide bonds. The highest BCUT2D eigenvalue weighted by atomic mass is 16.6. The number of carbonyl (C=O) groups excluding carboxylic acids is 1. The van der Waals surface area contributed by atoms with Gasteiger partial charge in [0.1, 0.15) is 0 Å². The molecule has 7 heteroatoms. The molecule has 100 valence electrons. The van der Waals surface area contributed by atoms with Crippen molar-refractivity contribution in [2.45, 2.75) is 13.3 Å². The molecule has 0 aromatic heterocycles. The topological polar surface area (TPSA) is 101 Å². The molecule has 0 spiro atoms. The Morgan fingerprint density at radius 2 is 2.21 bits per heavy atom. The van der Waals surface area contributed by atoms with Gasteiger partial charge in [0.15, 0.2) is 0 Å². The third-order valence-corrected chi connectivity index (χ3v) is 3.16. The van der Waals surface area contributed by atoms with Crippen LogP contribution >= 0.6 is 0 Å². The number of nitro benzene ring substituents is 1. The third kappa shape index (κ3) is 2.40. The molecule has 7 nitrogen and oxygen atoms in total. The number of aryl methyl sites for hydroxylation is 1. The van der Waals surface area contributed by atoms with Crippen LogP contribution in [0.3, 0.4) is 0 Å². The zero-order valence-electron chi connectivity index (χ0n) is 10.2. The van der Waals surface area contributed by atoms with Crippen LogP contribution in [0.25, 0.3) is 0 Å². The number of hydrogen-bond acceptors (Lipinski definition) is 4. The number of carbonyl (C=O) groups is 2. The number of aliphatic carboxylic acids is 1. The molecule has 1 N–H and O–H groups in total. The SMILES string of the molecule is Cc1cc([N+](=O)[O-])ccc1N1C[C@H](C(=O)O)CC1=O. The number of carboxylic acids is 1. The molecule has 0 unspecified atom stereocenters. The monoisotopic (exact) mass is 264 g/mol. The van der Waals surface area contributed by atoms with Crippen LogP contribution in [0, 0.1) is 23.0 Å². The van der Waals surface area contributed by atoms with Gasteiger partial charge in [-0.25, -0.2) is 0 Å². The van der Waals surface area contributed by atoms with E-state index in [2.05, 4.69) is 0 Å². The number of rotatable bonds is 3. The maximum absolute atomic E-state index is 11.8. The highest BCUT2D eigenvalue weighted by molar-refractivity contribution is 5.99. The average Bonchev–Trinajstić information content (AvgIpc) is 2.71. The van der Waals surface area contributed by atoms with Crippen LogP contribution in [-0.2, 0) is 9.59 Å². The van der Waals surface area contributed by atoms with Crippen LogP contribution in [0.2, 0.25) is 0 Å². The quantitative estimate of drug-likeness (QED) is 0.655. The largest absolute Gasteiger partial charge is 0.481 e. The second kappa shape index (κ2) is 4.68. The van der Waals surface area contributed by atoms with Crippen molar-refractivity contribution < 1.29 is 19.6 Å². The lowest BCUT2D eigenvalue weighted by atomic mass is 10.1. The summed E-state index contributed by atoms with van der Waals surface area (Å²) in [5.74, 6) is -2.00. The van der Waals surface area contributed by atoms with Crippen molar-refractivity contribution in [3.8, 4) is 0 Å². The molecule has 19 heavy (non-hydrogen) atoms. The molecule has 1 aromatic carbocycles. The predicted molar refractivity (Wildman–Crippen MR) is 65.9 cm³/mol. The van der Waals surface area contributed by atoms with Gasteiger partial charge >= 0.3 is 5.97 Å². The first-order valence-corrected chi connectivity index (χ1v) is 5.68. The number of hydrogen-bond donors (Lipinski definition) is 1. The van der Waals surface area contributed by atoms with Gasteiger partial charge in [-0.3, -0.25) is 19.7 Å². The summed E-state index contributed by atoms with van der Waals surface area (Å²) in [6.45, 7) is 1.76. The molecule has 1 aromatic rings. The number of amides is 1. The fourth-order valence-corrected chi connectivity index (χ4v) is 2.16. The summed E-state index contributed by atoms with van der Waals surface area (Å²) in [5, 5.41) is 19.6. The van der Waals surface area contributed by atoms with Crippen molar-refractivity contribution in [1.82, 2.24) is 0 Å². The molecule has 1 fully saturated rings. The summed E-state index contributed by atoms with van der Waals surface area (Å²) in [5.41, 5.74) is 1.05. The van der Waals surface area contributed by atoms with E-state index in [4.69, 9.17) is 5.11 Å². The van der Waals surface area contributed by atoms with Gasteiger partial charge < -0.3 is 10.0 Å². The van der Waals surface area contributed by atoms with Gasteiger partial charge in [-0.2, -0.15) is 0 Å². The second-order valence-corrected chi connectivity index (χ2v) is 4.47. The molecule has 1 aliphatic rings. The molecule has 1 aliphatic heterocycles. The van der Waals surface area contributed by atoms with Gasteiger partial charge in [-0.1, -0.05) is 0 Å². The Morgan fingerprint density at radius 3 is 2.68 bits per heavy atom. The fourth-order valence-electron chi connectivity index (χ4n) is 2.16. The fraction of sp³-hybridized carbons (Fsp3) is 0.333. The number of anilines is 1. The summed E-state index contributed by atoms with van der Waals surface area (Å²) >= 11 is 0. The molecular weight excluding hydrogens is 252 g/mol. The number of nitro groups is 1. The molecule has 0 saturated carbocycles. The van der Waals surface area contributed by atoms with Crippen LogP contribution in [-0.4, -0.2) is 28.5 Å². The van der Waals surface area contributed by atoms with Gasteiger partial charge in [0.25, 0.3) is 5.69 Å². The van der Waals surface area contributed by atoms with Crippen LogP contribution in [0.15, 0.2) is 18.2 Å². The number of benzene rings is 1. The van der Waals surface area contributed by atoms with Crippen LogP contribution in [0.1, 0.15) is 12.0 Å². The minimum absolute atomic E-state index is 0.0360. The van der Waals surface area contributed by atoms with Crippen LogP contribution in [0.4, 0.5) is 11.4 Å². The Balaban J connectivity index is 2.30. The summed E-state index contributed by atoms with van der Waals surface area (Å²) in [4.78, 5) is 34.2. The van der Waals surface area contributed by atoms with Crippen LogP contribution in [0.5, 0.6) is 0 Å². The van der Waals surface area contributed by atoms with E-state index in [1.807, 2.05) is 0 Å². The maximum Gasteiger partial charge on any atom is 0.308 e. The summed E-state index contributed by atoms with van der Waals surface area (Å²) < 4.78 is 0. The number of carboxylic acid groups (broad SMARTS) is 1. The first-order valence-electron chi connectivity index (χ1n) is 5.68. The molecular formula is C12H12N2O5. The van der Waals surface area contributed by atoms with Crippen molar-refractivity contribution in [2.24, 2.45) is 5.92 Å². The highest BCUT2D eigenvalue weighted by Crippen LogP contribution is 2.30. The zero-order chi connectivity index (χ0) is 14.2. The molecule has 0 bridgehead atoms. The van der Waals surface area contributed by atoms with Crippen molar-refractivity contribution in [2.75, 3.05) is 11.4 Å². The number of non-ortho nitro benzene ring substituents is 1. The Labute approximate surface area is 108 Å². The van der Waals surface area contributed by atoms with Crippen molar-refractivity contribution in [3.63, 3.8) is 0 Å². The molecule has 1 saturated heterocycles. The van der Waals surface area contributed by atoms with E-state index in [1.165, 1.54) is 23.1 Å². The molecule has 0 aliphatic carbocycles. The summed E-state index contributed by atoms with van der Waals surface area (Å²) in [7, 11) is 0. The van der Waals surface area contributed by atoms with Gasteiger partial charge in [-0.05, 0) is 18.6 Å². The van der Waals surface area contributed by atoms with Gasteiger partial charge in [0.2, 0.25) is 5.91 Å². The Morgan fingerprint density at radius 1 is 1.53 bits per heavy atom. The Kier molecular flexibility index (Phi) is 3.20. The van der Waals surface area contributed by atoms with E-state index < -0.39 is 16.8 Å². The zero-order valence-corrected chi connectivity index (χ0v) is 10.2. The van der Waals surface area contributed by atoms with Crippen molar-refractivity contribution in [3.05, 3.63) is 33.9 Å². The lowest BCUT2D eigenvalue weighted by Gasteiger charge is -2.18. The average molecular weight is 264 g/mol. The minimum Gasteiger partial charge on any atom is -0.481 e. The smallest absolute Gasteiger partial charge is 0.308 e. The number of nitrogens with zero attached hydrogens (tertiary/aromatic N) is 2. The molecule has 2 rings (SSSR count). The van der Waals surface area contributed by atoms with Crippen molar-refractivity contribution in [1.29, 1.82) is 0 Å². The molecule has 1 atom stereocenters. The second-order valence-electron chi connectivity index (χ2n) is 4.47. The highest BCUT2D eigenvalue weighted by Gasteiger charge is 2.35. The standard InChI is InChI=1S/C12H12N2O5/c1-7-4-9(14(18)19)2-3-10(7)13-6-8(12(16)17)5-11(13)15/h2-4,8H,5-6H2,1H3,(H,16,17)/t8-/m1/s1. The van der Waals surface area contributed by atoms with Crippen molar-refractivity contribution >= 4 is 23.3 Å². The lowest BCUT2D eigenvalue weighted by Crippen LogP contribution is -2.26. The van der Waals surface area contributed by atoms with E-state index in [9.17, 15) is 19.7 Å². The Hall–Kier alpha value is -2.44. The predicted octanol–water partition coefficient (Wildman–Crippen LogP) is 1.34. The van der Waals surface area contributed by atoms with Gasteiger partial charge in [0.05, 0.1) is 10.8 Å². The van der Waals surface area contributed by atoms with Gasteiger partial charge in [-0.15, -0.1) is 0 Å². The third-order valence-electron chi connectivity index (χ3n) is 3.16. The molecule has 1 heterocycles. The van der Waals surface area contributed by atoms with Gasteiger partial charge in [0, 0.05) is 30.8 Å². The van der Waals surface area contributed by atoms with E-state index in [0.29, 0.717) is 11.3 Å². The van der Waals surface area contributed by atoms with E-state index in [1.54, 1.807) is 6.92 Å². The minimum atomic E-state index is -1.00. The summed E-state index contributed by atoms with van der Waals surface area (Å²) in [6.07, 6.45) is -0.0360. The maximum atomic E-state index is 11.8. The van der Waals surface area contributed by atoms with E-state index in [0.717, 1.165) is 0 Å².